The van der Waals surface area contributed by atoms with Crippen LogP contribution in [0.3, 0.4) is 0 Å². The van der Waals surface area contributed by atoms with Gasteiger partial charge in [0, 0.05) is 18.0 Å². The highest BCUT2D eigenvalue weighted by atomic mass is 14.8. The van der Waals surface area contributed by atoms with Gasteiger partial charge in [0.05, 0.1) is 11.7 Å². The Balaban J connectivity index is 1.21. The molecule has 2 nitrogen and oxygen atoms in total. The van der Waals surface area contributed by atoms with Gasteiger partial charge in [0.1, 0.15) is 0 Å². The Morgan fingerprint density at radius 1 is 0.375 bits per heavy atom. The van der Waals surface area contributed by atoms with E-state index in [1.807, 2.05) is 30.6 Å². The minimum Gasteiger partial charge on any atom is -0.285 e. The number of hydrogen-bond acceptors (Lipinski definition) is 2. The summed E-state index contributed by atoms with van der Waals surface area (Å²) in [6.45, 7) is 0. The van der Waals surface area contributed by atoms with Crippen molar-refractivity contribution in [3.63, 3.8) is 0 Å². The summed E-state index contributed by atoms with van der Waals surface area (Å²) in [6, 6.07) is 68.6. The lowest BCUT2D eigenvalue weighted by Crippen LogP contribution is -1.98. The minimum atomic E-state index is 0.161. The van der Waals surface area contributed by atoms with Crippen LogP contribution in [0.25, 0.3) is 88.4 Å². The van der Waals surface area contributed by atoms with Crippen LogP contribution in [0.1, 0.15) is 18.0 Å². The van der Waals surface area contributed by atoms with Crippen LogP contribution in [0.15, 0.2) is 211 Å². The molecule has 9 aromatic rings. The monoisotopic (exact) mass is 714 g/mol. The zero-order valence-corrected chi connectivity index (χ0v) is 30.9. The summed E-state index contributed by atoms with van der Waals surface area (Å²) in [4.78, 5) is 9.37. The van der Waals surface area contributed by atoms with Crippen molar-refractivity contribution in [2.24, 2.45) is 4.99 Å². The molecule has 1 aromatic heterocycles. The molecule has 1 aliphatic rings. The van der Waals surface area contributed by atoms with Crippen LogP contribution < -0.4 is 0 Å². The predicted octanol–water partition coefficient (Wildman–Crippen LogP) is 14.5. The molecule has 0 radical (unpaired) electrons. The second-order valence-electron chi connectivity index (χ2n) is 14.5. The zero-order valence-electron chi connectivity index (χ0n) is 30.9. The average molecular weight is 715 g/mol. The summed E-state index contributed by atoms with van der Waals surface area (Å²) in [5.41, 5.74) is 15.3. The zero-order chi connectivity index (χ0) is 37.3. The first-order valence-corrected chi connectivity index (χ1v) is 19.3. The van der Waals surface area contributed by atoms with E-state index in [0.717, 1.165) is 17.7 Å². The van der Waals surface area contributed by atoms with Gasteiger partial charge in [0.15, 0.2) is 0 Å². The Morgan fingerprint density at radius 3 is 1.48 bits per heavy atom. The van der Waals surface area contributed by atoms with Gasteiger partial charge in [-0.05, 0) is 132 Å². The first-order chi connectivity index (χ1) is 27.8. The number of benzene rings is 8. The largest absolute Gasteiger partial charge is 0.285 e. The second kappa shape index (κ2) is 14.6. The lowest BCUT2D eigenvalue weighted by molar-refractivity contribution is 0.741. The molecule has 0 saturated heterocycles. The SMILES string of the molecule is C1=CCC(c2ccc(-c3c4ccccc4c(-c4ccc(-c5ccccn5)cc4)c4cc(-c5cc(-c6ccccc6)cc(-c6ccccc6)c5)ccc34)cc2)N=C1. The second-order valence-corrected chi connectivity index (χ2v) is 14.5. The van der Waals surface area contributed by atoms with Crippen molar-refractivity contribution < 1.29 is 0 Å². The Labute approximate surface area is 327 Å². The maximum atomic E-state index is 4.75. The average Bonchev–Trinajstić information content (AvgIpc) is 3.29. The van der Waals surface area contributed by atoms with E-state index in [1.165, 1.54) is 82.7 Å². The Morgan fingerprint density at radius 2 is 0.893 bits per heavy atom. The molecular weight excluding hydrogens is 677 g/mol. The van der Waals surface area contributed by atoms with Gasteiger partial charge in [0.25, 0.3) is 0 Å². The molecule has 2 heteroatoms. The minimum absolute atomic E-state index is 0.161. The molecule has 1 aliphatic heterocycles. The van der Waals surface area contributed by atoms with Gasteiger partial charge in [-0.15, -0.1) is 0 Å². The van der Waals surface area contributed by atoms with Gasteiger partial charge in [-0.3, -0.25) is 9.98 Å². The van der Waals surface area contributed by atoms with E-state index in [9.17, 15) is 0 Å². The molecule has 0 N–H and O–H groups in total. The fourth-order valence-corrected chi connectivity index (χ4v) is 8.29. The van der Waals surface area contributed by atoms with E-state index in [4.69, 9.17) is 4.99 Å². The summed E-state index contributed by atoms with van der Waals surface area (Å²) < 4.78 is 0. The van der Waals surface area contributed by atoms with E-state index in [1.54, 1.807) is 0 Å². The number of aromatic nitrogens is 1. The summed E-state index contributed by atoms with van der Waals surface area (Å²) in [5.74, 6) is 0. The maximum Gasteiger partial charge on any atom is 0.0783 e. The molecule has 1 unspecified atom stereocenters. The van der Waals surface area contributed by atoms with Crippen LogP contribution in [0.2, 0.25) is 0 Å². The Hall–Kier alpha value is -7.16. The molecule has 0 fully saturated rings. The molecule has 8 aromatic carbocycles. The number of dihydropyridines is 1. The third-order valence-corrected chi connectivity index (χ3v) is 11.1. The number of nitrogens with zero attached hydrogens (tertiary/aromatic N) is 2. The molecular formula is C54H38N2. The maximum absolute atomic E-state index is 4.75. The van der Waals surface area contributed by atoms with Crippen molar-refractivity contribution in [3.8, 4) is 66.9 Å². The Kier molecular flexibility index (Phi) is 8.70. The highest BCUT2D eigenvalue weighted by Crippen LogP contribution is 2.46. The quantitative estimate of drug-likeness (QED) is 0.151. The van der Waals surface area contributed by atoms with Crippen molar-refractivity contribution in [1.29, 1.82) is 0 Å². The first-order valence-electron chi connectivity index (χ1n) is 19.3. The van der Waals surface area contributed by atoms with Gasteiger partial charge in [-0.2, -0.15) is 0 Å². The molecule has 1 atom stereocenters. The van der Waals surface area contributed by atoms with E-state index >= 15 is 0 Å². The number of pyridine rings is 1. The predicted molar refractivity (Wildman–Crippen MR) is 237 cm³/mol. The van der Waals surface area contributed by atoms with Gasteiger partial charge in [-0.1, -0.05) is 158 Å². The van der Waals surface area contributed by atoms with E-state index in [2.05, 4.69) is 187 Å². The molecule has 0 saturated carbocycles. The molecule has 0 amide bonds. The third kappa shape index (κ3) is 6.32. The van der Waals surface area contributed by atoms with Crippen LogP contribution >= 0.6 is 0 Å². The lowest BCUT2D eigenvalue weighted by atomic mass is 9.84. The highest BCUT2D eigenvalue weighted by Gasteiger charge is 2.19. The smallest absolute Gasteiger partial charge is 0.0783 e. The van der Waals surface area contributed by atoms with Crippen LogP contribution in [-0.4, -0.2) is 11.2 Å². The van der Waals surface area contributed by atoms with Gasteiger partial charge in [0.2, 0.25) is 0 Å². The third-order valence-electron chi connectivity index (χ3n) is 11.1. The van der Waals surface area contributed by atoms with Crippen LogP contribution in [0, 0.1) is 0 Å². The van der Waals surface area contributed by atoms with Crippen molar-refractivity contribution in [3.05, 3.63) is 212 Å². The standard InChI is InChI=1S/C54H38N2/c1-3-13-37(14-4-1)44-33-45(38-15-5-2-6-16-38)35-46(34-44)43-29-30-49-50(36-43)54(42-27-23-40(24-28-42)52-20-10-12-32-56-52)48-18-8-7-17-47(48)53(49)41-25-21-39(22-26-41)51-19-9-11-31-55-51/h1-18,20-36,51H,19H2. The molecule has 0 bridgehead atoms. The van der Waals surface area contributed by atoms with Gasteiger partial charge < -0.3 is 0 Å². The van der Waals surface area contributed by atoms with Crippen LogP contribution in [0.5, 0.6) is 0 Å². The number of aliphatic imine (C=N–C) groups is 1. The summed E-state index contributed by atoms with van der Waals surface area (Å²) >= 11 is 0. The van der Waals surface area contributed by atoms with Crippen molar-refractivity contribution in [1.82, 2.24) is 4.98 Å². The highest BCUT2D eigenvalue weighted by molar-refractivity contribution is 6.22. The lowest BCUT2D eigenvalue weighted by Gasteiger charge is -2.20. The first kappa shape index (κ1) is 33.4. The molecule has 56 heavy (non-hydrogen) atoms. The number of allylic oxidation sites excluding steroid dienone is 1. The Bertz CT molecular complexity index is 2830. The summed E-state index contributed by atoms with van der Waals surface area (Å²) in [6.07, 6.45) is 8.93. The molecule has 264 valence electrons. The fourth-order valence-electron chi connectivity index (χ4n) is 8.29. The number of hydrogen-bond donors (Lipinski definition) is 0. The van der Waals surface area contributed by atoms with Gasteiger partial charge >= 0.3 is 0 Å². The number of fused-ring (bicyclic) bond motifs is 2. The van der Waals surface area contributed by atoms with E-state index in [-0.39, 0.29) is 6.04 Å². The van der Waals surface area contributed by atoms with Crippen molar-refractivity contribution >= 4 is 27.8 Å². The molecule has 10 rings (SSSR count). The molecule has 0 spiro atoms. The van der Waals surface area contributed by atoms with Gasteiger partial charge in [-0.25, -0.2) is 0 Å². The van der Waals surface area contributed by atoms with E-state index < -0.39 is 0 Å². The van der Waals surface area contributed by atoms with Crippen LogP contribution in [0.4, 0.5) is 0 Å². The fraction of sp³-hybridized carbons (Fsp3) is 0.0370. The molecule has 2 heterocycles. The molecule has 0 aliphatic carbocycles. The van der Waals surface area contributed by atoms with E-state index in [0.29, 0.717) is 0 Å². The summed E-state index contributed by atoms with van der Waals surface area (Å²) in [5, 5.41) is 4.91. The van der Waals surface area contributed by atoms with Crippen molar-refractivity contribution in [2.75, 3.05) is 0 Å². The number of rotatable bonds is 7. The van der Waals surface area contributed by atoms with Crippen molar-refractivity contribution in [2.45, 2.75) is 12.5 Å². The normalized spacial score (nSPS) is 13.7. The van der Waals surface area contributed by atoms with Crippen LogP contribution in [-0.2, 0) is 0 Å². The summed E-state index contributed by atoms with van der Waals surface area (Å²) in [7, 11) is 0. The topological polar surface area (TPSA) is 25.2 Å².